The Morgan fingerprint density at radius 1 is 1.35 bits per heavy atom. The fraction of sp³-hybridized carbons (Fsp3) is 0.643. The molecule has 0 saturated heterocycles. The van der Waals surface area contributed by atoms with Gasteiger partial charge in [-0.2, -0.15) is 0 Å². The van der Waals surface area contributed by atoms with Gasteiger partial charge in [-0.1, -0.05) is 39.3 Å². The van der Waals surface area contributed by atoms with Crippen LogP contribution in [0.5, 0.6) is 0 Å². The lowest BCUT2D eigenvalue weighted by Crippen LogP contribution is -2.28. The maximum Gasteiger partial charge on any atom is 0.0621 e. The van der Waals surface area contributed by atoms with Crippen LogP contribution in [0.2, 0.25) is 5.02 Å². The molecular formula is C14H21ClN2. The molecule has 0 aliphatic heterocycles. The summed E-state index contributed by atoms with van der Waals surface area (Å²) < 4.78 is 0. The highest BCUT2D eigenvalue weighted by atomic mass is 35.5. The molecule has 1 aromatic heterocycles. The van der Waals surface area contributed by atoms with Crippen LogP contribution in [0.4, 0.5) is 0 Å². The van der Waals surface area contributed by atoms with E-state index in [2.05, 4.69) is 32.7 Å². The third-order valence-electron chi connectivity index (χ3n) is 4.87. The molecule has 1 atom stereocenters. The minimum absolute atomic E-state index is 0.167. The smallest absolute Gasteiger partial charge is 0.0621 e. The molecular weight excluding hydrogens is 232 g/mol. The Morgan fingerprint density at radius 2 is 1.94 bits per heavy atom. The fourth-order valence-electron chi connectivity index (χ4n) is 3.26. The van der Waals surface area contributed by atoms with Gasteiger partial charge in [-0.15, -0.1) is 0 Å². The van der Waals surface area contributed by atoms with E-state index in [1.807, 2.05) is 6.07 Å². The van der Waals surface area contributed by atoms with E-state index in [9.17, 15) is 0 Å². The molecule has 1 unspecified atom stereocenters. The third kappa shape index (κ3) is 1.98. The summed E-state index contributed by atoms with van der Waals surface area (Å²) in [6.07, 6.45) is 4.29. The lowest BCUT2D eigenvalue weighted by atomic mass is 9.98. The van der Waals surface area contributed by atoms with Crippen molar-refractivity contribution in [3.63, 3.8) is 0 Å². The molecule has 0 aromatic carbocycles. The zero-order chi connectivity index (χ0) is 12.8. The van der Waals surface area contributed by atoms with Crippen molar-refractivity contribution in [2.24, 2.45) is 22.5 Å². The van der Waals surface area contributed by atoms with E-state index >= 15 is 0 Å². The van der Waals surface area contributed by atoms with Gasteiger partial charge in [0.15, 0.2) is 0 Å². The third-order valence-corrected chi connectivity index (χ3v) is 5.21. The molecule has 1 fully saturated rings. The average molecular weight is 253 g/mol. The first-order valence-corrected chi connectivity index (χ1v) is 6.50. The van der Waals surface area contributed by atoms with E-state index in [0.29, 0.717) is 16.7 Å². The number of hydrogen-bond donors (Lipinski definition) is 1. The molecule has 0 spiro atoms. The molecule has 3 heteroatoms. The van der Waals surface area contributed by atoms with Gasteiger partial charge in [0, 0.05) is 18.4 Å². The van der Waals surface area contributed by atoms with Crippen LogP contribution in [-0.4, -0.2) is 11.0 Å². The highest BCUT2D eigenvalue weighted by Gasteiger charge is 2.66. The van der Waals surface area contributed by atoms with Gasteiger partial charge in [-0.25, -0.2) is 0 Å². The standard InChI is InChI=1S/C14H21ClN2/c1-13(2)12(14(13,3)4)11(16)7-9-5-6-17-8-10(9)15/h5-6,8,11-12H,7,16H2,1-4H3. The van der Waals surface area contributed by atoms with Crippen LogP contribution in [0.15, 0.2) is 18.5 Å². The van der Waals surface area contributed by atoms with Crippen molar-refractivity contribution in [2.75, 3.05) is 0 Å². The maximum absolute atomic E-state index is 6.35. The van der Waals surface area contributed by atoms with E-state index in [1.54, 1.807) is 12.4 Å². The Hall–Kier alpha value is -0.600. The summed E-state index contributed by atoms with van der Waals surface area (Å²) >= 11 is 6.12. The molecule has 1 saturated carbocycles. The van der Waals surface area contributed by atoms with E-state index < -0.39 is 0 Å². The second kappa shape index (κ2) is 3.96. The van der Waals surface area contributed by atoms with Gasteiger partial charge in [-0.3, -0.25) is 4.98 Å². The number of rotatable bonds is 3. The van der Waals surface area contributed by atoms with Crippen molar-refractivity contribution in [3.8, 4) is 0 Å². The van der Waals surface area contributed by atoms with E-state index in [4.69, 9.17) is 17.3 Å². The first-order valence-electron chi connectivity index (χ1n) is 6.12. The van der Waals surface area contributed by atoms with Crippen LogP contribution >= 0.6 is 11.6 Å². The van der Waals surface area contributed by atoms with E-state index in [1.165, 1.54) is 0 Å². The second-order valence-corrected chi connectivity index (χ2v) is 6.66. The molecule has 2 nitrogen and oxygen atoms in total. The number of aromatic nitrogens is 1. The number of halogens is 1. The monoisotopic (exact) mass is 252 g/mol. The molecule has 0 radical (unpaired) electrons. The molecule has 1 aromatic rings. The number of nitrogens with two attached hydrogens (primary N) is 1. The number of pyridine rings is 1. The summed E-state index contributed by atoms with van der Waals surface area (Å²) in [5, 5.41) is 0.721. The minimum Gasteiger partial charge on any atom is -0.327 e. The summed E-state index contributed by atoms with van der Waals surface area (Å²) in [6, 6.07) is 2.13. The lowest BCUT2D eigenvalue weighted by Gasteiger charge is -2.14. The van der Waals surface area contributed by atoms with Gasteiger partial charge in [0.05, 0.1) is 5.02 Å². The largest absolute Gasteiger partial charge is 0.327 e. The van der Waals surface area contributed by atoms with Crippen LogP contribution in [-0.2, 0) is 6.42 Å². The van der Waals surface area contributed by atoms with Gasteiger partial charge >= 0.3 is 0 Å². The van der Waals surface area contributed by atoms with E-state index in [-0.39, 0.29) is 6.04 Å². The zero-order valence-corrected chi connectivity index (χ0v) is 11.8. The van der Waals surface area contributed by atoms with Gasteiger partial charge in [0.25, 0.3) is 0 Å². The summed E-state index contributed by atoms with van der Waals surface area (Å²) in [5.74, 6) is 0.555. The number of nitrogens with zero attached hydrogens (tertiary/aromatic N) is 1. The lowest BCUT2D eigenvalue weighted by molar-refractivity contribution is 0.457. The Balaban J connectivity index is 2.10. The second-order valence-electron chi connectivity index (χ2n) is 6.26. The highest BCUT2D eigenvalue weighted by Crippen LogP contribution is 2.69. The first-order chi connectivity index (χ1) is 7.78. The quantitative estimate of drug-likeness (QED) is 0.897. The first kappa shape index (κ1) is 12.8. The summed E-state index contributed by atoms with van der Waals surface area (Å²) in [6.45, 7) is 9.19. The van der Waals surface area contributed by atoms with Crippen LogP contribution in [0.25, 0.3) is 0 Å². The summed E-state index contributed by atoms with van der Waals surface area (Å²) in [7, 11) is 0. The normalized spacial score (nSPS) is 23.4. The van der Waals surface area contributed by atoms with Crippen LogP contribution < -0.4 is 5.73 Å². The van der Waals surface area contributed by atoms with Crippen molar-refractivity contribution in [1.29, 1.82) is 0 Å². The predicted molar refractivity (Wildman–Crippen MR) is 72.0 cm³/mol. The number of hydrogen-bond acceptors (Lipinski definition) is 2. The molecule has 1 aliphatic carbocycles. The van der Waals surface area contributed by atoms with Crippen molar-refractivity contribution >= 4 is 11.6 Å². The van der Waals surface area contributed by atoms with Gasteiger partial charge in [0.1, 0.15) is 0 Å². The van der Waals surface area contributed by atoms with Gasteiger partial charge in [-0.05, 0) is 34.8 Å². The Kier molecular flexibility index (Phi) is 2.99. The average Bonchev–Trinajstić information content (AvgIpc) is 2.61. The van der Waals surface area contributed by atoms with Crippen molar-refractivity contribution in [2.45, 2.75) is 40.2 Å². The Morgan fingerprint density at radius 3 is 2.41 bits per heavy atom. The molecule has 17 heavy (non-hydrogen) atoms. The summed E-state index contributed by atoms with van der Waals surface area (Å²) in [4.78, 5) is 4.00. The van der Waals surface area contributed by atoms with Crippen LogP contribution in [0, 0.1) is 16.7 Å². The van der Waals surface area contributed by atoms with Crippen LogP contribution in [0.1, 0.15) is 33.3 Å². The molecule has 0 bridgehead atoms. The molecule has 94 valence electrons. The maximum atomic E-state index is 6.35. The molecule has 0 amide bonds. The SMILES string of the molecule is CC1(C)C(C(N)Cc2ccncc2Cl)C1(C)C. The fourth-order valence-corrected chi connectivity index (χ4v) is 3.46. The van der Waals surface area contributed by atoms with E-state index in [0.717, 1.165) is 17.0 Å². The molecule has 2 N–H and O–H groups in total. The molecule has 2 rings (SSSR count). The Bertz CT molecular complexity index is 412. The highest BCUT2D eigenvalue weighted by molar-refractivity contribution is 6.31. The molecule has 1 heterocycles. The van der Waals surface area contributed by atoms with Gasteiger partial charge in [0.2, 0.25) is 0 Å². The van der Waals surface area contributed by atoms with Crippen molar-refractivity contribution in [1.82, 2.24) is 4.98 Å². The predicted octanol–water partition coefficient (Wildman–Crippen LogP) is 3.29. The Labute approximate surface area is 109 Å². The van der Waals surface area contributed by atoms with Crippen molar-refractivity contribution in [3.05, 3.63) is 29.0 Å². The molecule has 1 aliphatic rings. The minimum atomic E-state index is 0.167. The zero-order valence-electron chi connectivity index (χ0n) is 11.0. The summed E-state index contributed by atoms with van der Waals surface area (Å²) in [5.41, 5.74) is 8.11. The topological polar surface area (TPSA) is 38.9 Å². The van der Waals surface area contributed by atoms with Crippen LogP contribution in [0.3, 0.4) is 0 Å². The van der Waals surface area contributed by atoms with Gasteiger partial charge < -0.3 is 5.73 Å². The van der Waals surface area contributed by atoms with Crippen molar-refractivity contribution < 1.29 is 0 Å².